The van der Waals surface area contributed by atoms with Crippen LogP contribution in [0.5, 0.6) is 0 Å². The van der Waals surface area contributed by atoms with Gasteiger partial charge in [-0.1, -0.05) is 61.4 Å². The molecule has 0 amide bonds. The fourth-order valence-corrected chi connectivity index (χ4v) is 3.16. The zero-order valence-electron chi connectivity index (χ0n) is 14.3. The molecule has 0 fully saturated rings. The quantitative estimate of drug-likeness (QED) is 0.406. The van der Waals surface area contributed by atoms with Crippen LogP contribution in [0.15, 0.2) is 59.5 Å². The van der Waals surface area contributed by atoms with E-state index in [0.29, 0.717) is 12.0 Å². The van der Waals surface area contributed by atoms with Crippen LogP contribution >= 0.6 is 0 Å². The van der Waals surface area contributed by atoms with E-state index in [1.165, 1.54) is 12.1 Å². The number of hydrogen-bond donors (Lipinski definition) is 0. The van der Waals surface area contributed by atoms with Gasteiger partial charge in [0.15, 0.2) is 6.10 Å². The Morgan fingerprint density at radius 1 is 1.04 bits per heavy atom. The van der Waals surface area contributed by atoms with Gasteiger partial charge in [0.25, 0.3) is 10.1 Å². The molecule has 2 aromatic rings. The molecule has 6 heteroatoms. The molecule has 134 valence electrons. The lowest BCUT2D eigenvalue weighted by molar-refractivity contribution is -0.152. The summed E-state index contributed by atoms with van der Waals surface area (Å²) in [7, 11) is -4.10. The van der Waals surface area contributed by atoms with E-state index in [4.69, 9.17) is 8.92 Å². The minimum absolute atomic E-state index is 0.000360. The Morgan fingerprint density at radius 3 is 2.28 bits per heavy atom. The number of carbonyl (C=O) groups is 1. The number of aryl methyl sites for hydroxylation is 1. The van der Waals surface area contributed by atoms with Crippen LogP contribution in [0, 0.1) is 6.92 Å². The molecular formula is C19H22O5S. The van der Waals surface area contributed by atoms with Gasteiger partial charge < -0.3 is 4.74 Å². The highest BCUT2D eigenvalue weighted by atomic mass is 32.2. The first-order chi connectivity index (χ1) is 11.9. The number of benzene rings is 2. The van der Waals surface area contributed by atoms with Crippen molar-refractivity contribution in [2.24, 2.45) is 0 Å². The normalized spacial score (nSPS) is 12.6. The maximum atomic E-state index is 12.5. The molecular weight excluding hydrogens is 340 g/mol. The van der Waals surface area contributed by atoms with Crippen LogP contribution in [0.1, 0.15) is 37.0 Å². The van der Waals surface area contributed by atoms with Gasteiger partial charge in [-0.25, -0.2) is 8.98 Å². The summed E-state index contributed by atoms with van der Waals surface area (Å²) in [4.78, 5) is 12.4. The van der Waals surface area contributed by atoms with E-state index < -0.39 is 22.2 Å². The van der Waals surface area contributed by atoms with Crippen LogP contribution in [0.3, 0.4) is 0 Å². The van der Waals surface area contributed by atoms with E-state index in [0.717, 1.165) is 12.0 Å². The van der Waals surface area contributed by atoms with E-state index in [1.807, 2.05) is 13.8 Å². The zero-order valence-corrected chi connectivity index (χ0v) is 15.2. The third-order valence-electron chi connectivity index (χ3n) is 3.59. The van der Waals surface area contributed by atoms with Crippen LogP contribution in [0.2, 0.25) is 0 Å². The van der Waals surface area contributed by atoms with Crippen LogP contribution in [0.25, 0.3) is 0 Å². The minimum atomic E-state index is -4.10. The van der Waals surface area contributed by atoms with Crippen molar-refractivity contribution in [1.29, 1.82) is 0 Å². The van der Waals surface area contributed by atoms with Gasteiger partial charge in [-0.15, -0.1) is 0 Å². The van der Waals surface area contributed by atoms with E-state index in [1.54, 1.807) is 42.5 Å². The van der Waals surface area contributed by atoms with Crippen LogP contribution < -0.4 is 0 Å². The molecule has 2 rings (SSSR count). The SMILES string of the molecule is CCCCOC(=O)C(OS(=O)(=O)c1ccc(C)cc1)c1ccccc1. The topological polar surface area (TPSA) is 69.7 Å². The predicted molar refractivity (Wildman–Crippen MR) is 94.5 cm³/mol. The summed E-state index contributed by atoms with van der Waals surface area (Å²) >= 11 is 0. The van der Waals surface area contributed by atoms with Gasteiger partial charge in [0.05, 0.1) is 11.5 Å². The summed E-state index contributed by atoms with van der Waals surface area (Å²) < 4.78 is 35.5. The fourth-order valence-electron chi connectivity index (χ4n) is 2.14. The lowest BCUT2D eigenvalue weighted by Gasteiger charge is -2.17. The third kappa shape index (κ3) is 5.41. The maximum Gasteiger partial charge on any atom is 0.341 e. The predicted octanol–water partition coefficient (Wildman–Crippen LogP) is 3.78. The minimum Gasteiger partial charge on any atom is -0.463 e. The molecule has 2 aromatic carbocycles. The third-order valence-corrected chi connectivity index (χ3v) is 4.89. The number of esters is 1. The van der Waals surface area contributed by atoms with Crippen molar-refractivity contribution < 1.29 is 22.1 Å². The Balaban J connectivity index is 2.26. The highest BCUT2D eigenvalue weighted by molar-refractivity contribution is 7.86. The highest BCUT2D eigenvalue weighted by Gasteiger charge is 2.30. The second-order valence-corrected chi connectivity index (χ2v) is 7.25. The highest BCUT2D eigenvalue weighted by Crippen LogP contribution is 2.25. The summed E-state index contributed by atoms with van der Waals surface area (Å²) in [6.45, 7) is 4.06. The molecule has 5 nitrogen and oxygen atoms in total. The lowest BCUT2D eigenvalue weighted by atomic mass is 10.1. The molecule has 25 heavy (non-hydrogen) atoms. The number of hydrogen-bond acceptors (Lipinski definition) is 5. The summed E-state index contributed by atoms with van der Waals surface area (Å²) in [5.74, 6) is -0.713. The molecule has 0 saturated carbocycles. The van der Waals surface area contributed by atoms with E-state index in [2.05, 4.69) is 0 Å². The van der Waals surface area contributed by atoms with Crippen molar-refractivity contribution in [2.75, 3.05) is 6.61 Å². The van der Waals surface area contributed by atoms with Crippen molar-refractivity contribution in [2.45, 2.75) is 37.7 Å². The van der Waals surface area contributed by atoms with Crippen LogP contribution in [-0.4, -0.2) is 21.0 Å². The summed E-state index contributed by atoms with van der Waals surface area (Å²) in [5.41, 5.74) is 1.36. The van der Waals surface area contributed by atoms with Gasteiger partial charge >= 0.3 is 5.97 Å². The van der Waals surface area contributed by atoms with Crippen molar-refractivity contribution in [3.8, 4) is 0 Å². The standard InChI is InChI=1S/C19H22O5S/c1-3-4-14-23-19(20)18(16-8-6-5-7-9-16)24-25(21,22)17-12-10-15(2)11-13-17/h5-13,18H,3-4,14H2,1-2H3. The Kier molecular flexibility index (Phi) is 6.73. The van der Waals surface area contributed by atoms with Crippen LogP contribution in [-0.2, 0) is 23.8 Å². The molecule has 0 bridgehead atoms. The largest absolute Gasteiger partial charge is 0.463 e. The smallest absolute Gasteiger partial charge is 0.341 e. The second kappa shape index (κ2) is 8.78. The molecule has 0 aromatic heterocycles. The Morgan fingerprint density at radius 2 is 1.68 bits per heavy atom. The monoisotopic (exact) mass is 362 g/mol. The summed E-state index contributed by atoms with van der Waals surface area (Å²) in [5, 5.41) is 0. The Bertz CT molecular complexity index is 782. The van der Waals surface area contributed by atoms with Crippen molar-refractivity contribution in [1.82, 2.24) is 0 Å². The van der Waals surface area contributed by atoms with E-state index in [-0.39, 0.29) is 11.5 Å². The van der Waals surface area contributed by atoms with Gasteiger partial charge in [0.1, 0.15) is 0 Å². The number of ether oxygens (including phenoxy) is 1. The first kappa shape index (κ1) is 19.1. The van der Waals surface area contributed by atoms with Gasteiger partial charge in [0.2, 0.25) is 0 Å². The van der Waals surface area contributed by atoms with Gasteiger partial charge in [-0.3, -0.25) is 0 Å². The maximum absolute atomic E-state index is 12.5. The lowest BCUT2D eigenvalue weighted by Crippen LogP contribution is -2.22. The fraction of sp³-hybridized carbons (Fsp3) is 0.316. The van der Waals surface area contributed by atoms with Crippen molar-refractivity contribution in [3.63, 3.8) is 0 Å². The molecule has 0 aliphatic rings. The first-order valence-electron chi connectivity index (χ1n) is 8.15. The average Bonchev–Trinajstić information content (AvgIpc) is 2.61. The molecule has 0 saturated heterocycles. The Labute approximate surface area is 148 Å². The summed E-state index contributed by atoms with van der Waals surface area (Å²) in [6, 6.07) is 14.7. The first-order valence-corrected chi connectivity index (χ1v) is 9.56. The number of rotatable bonds is 8. The van der Waals surface area contributed by atoms with Crippen LogP contribution in [0.4, 0.5) is 0 Å². The average molecular weight is 362 g/mol. The van der Waals surface area contributed by atoms with E-state index in [9.17, 15) is 13.2 Å². The van der Waals surface area contributed by atoms with Crippen molar-refractivity contribution >= 4 is 16.1 Å². The molecule has 0 aliphatic heterocycles. The van der Waals surface area contributed by atoms with Crippen molar-refractivity contribution in [3.05, 3.63) is 65.7 Å². The van der Waals surface area contributed by atoms with Gasteiger partial charge in [-0.2, -0.15) is 8.42 Å². The molecule has 0 heterocycles. The van der Waals surface area contributed by atoms with Gasteiger partial charge in [0, 0.05) is 0 Å². The number of unbranched alkanes of at least 4 members (excludes halogenated alkanes) is 1. The second-order valence-electron chi connectivity index (χ2n) is 5.68. The zero-order chi connectivity index (χ0) is 18.3. The number of carbonyl (C=O) groups excluding carboxylic acids is 1. The molecule has 0 radical (unpaired) electrons. The summed E-state index contributed by atoms with van der Waals surface area (Å²) in [6.07, 6.45) is 0.244. The molecule has 1 atom stereocenters. The molecule has 1 unspecified atom stereocenters. The van der Waals surface area contributed by atoms with Gasteiger partial charge in [-0.05, 0) is 31.0 Å². The molecule has 0 spiro atoms. The Hall–Kier alpha value is -2.18. The molecule has 0 aliphatic carbocycles. The van der Waals surface area contributed by atoms with E-state index >= 15 is 0 Å². The molecule has 0 N–H and O–H groups in total.